The summed E-state index contributed by atoms with van der Waals surface area (Å²) >= 11 is 0. The number of benzene rings is 1. The topological polar surface area (TPSA) is 56.7 Å². The molecule has 132 valence electrons. The first kappa shape index (κ1) is 18.3. The van der Waals surface area contributed by atoms with Gasteiger partial charge in [-0.3, -0.25) is 4.79 Å². The molecule has 1 heterocycles. The van der Waals surface area contributed by atoms with Crippen molar-refractivity contribution < 1.29 is 4.79 Å². The quantitative estimate of drug-likeness (QED) is 0.596. The number of guanidine groups is 1. The van der Waals surface area contributed by atoms with E-state index >= 15 is 0 Å². The molecule has 1 aliphatic rings. The van der Waals surface area contributed by atoms with Crippen LogP contribution in [0, 0.1) is 0 Å². The van der Waals surface area contributed by atoms with Gasteiger partial charge in [0.05, 0.1) is 0 Å². The molecule has 1 fully saturated rings. The predicted molar refractivity (Wildman–Crippen MR) is 99.3 cm³/mol. The van der Waals surface area contributed by atoms with E-state index in [1.807, 2.05) is 17.9 Å². The molecule has 1 saturated heterocycles. The Morgan fingerprint density at radius 3 is 2.50 bits per heavy atom. The van der Waals surface area contributed by atoms with Gasteiger partial charge in [0.2, 0.25) is 5.91 Å². The van der Waals surface area contributed by atoms with E-state index in [0.717, 1.165) is 51.4 Å². The van der Waals surface area contributed by atoms with Crippen LogP contribution in [0.2, 0.25) is 0 Å². The van der Waals surface area contributed by atoms with Crippen LogP contribution < -0.4 is 10.6 Å². The number of hydrogen-bond acceptors (Lipinski definition) is 2. The Morgan fingerprint density at radius 2 is 1.88 bits per heavy atom. The molecule has 0 bridgehead atoms. The molecule has 0 spiro atoms. The minimum Gasteiger partial charge on any atom is -0.357 e. The summed E-state index contributed by atoms with van der Waals surface area (Å²) in [5.41, 5.74) is 1.33. The van der Waals surface area contributed by atoms with Gasteiger partial charge >= 0.3 is 0 Å². The fourth-order valence-corrected chi connectivity index (χ4v) is 3.00. The SMILES string of the molecule is CCNC(=NCC(=O)N1CCCC1)NCC(CC)c1ccccc1. The number of hydrogen-bond donors (Lipinski definition) is 2. The molecular formula is C19H30N4O. The molecule has 1 aliphatic heterocycles. The largest absolute Gasteiger partial charge is 0.357 e. The summed E-state index contributed by atoms with van der Waals surface area (Å²) in [4.78, 5) is 18.5. The zero-order valence-electron chi connectivity index (χ0n) is 14.9. The van der Waals surface area contributed by atoms with E-state index in [1.165, 1.54) is 5.56 Å². The molecule has 1 unspecified atom stereocenters. The molecule has 5 heteroatoms. The molecule has 0 saturated carbocycles. The maximum Gasteiger partial charge on any atom is 0.244 e. The molecule has 2 N–H and O–H groups in total. The first-order chi connectivity index (χ1) is 11.7. The molecular weight excluding hydrogens is 300 g/mol. The van der Waals surface area contributed by atoms with E-state index in [9.17, 15) is 4.79 Å². The van der Waals surface area contributed by atoms with Crippen molar-refractivity contribution in [3.63, 3.8) is 0 Å². The van der Waals surface area contributed by atoms with Crippen molar-refractivity contribution in [1.82, 2.24) is 15.5 Å². The first-order valence-electron chi connectivity index (χ1n) is 9.09. The standard InChI is InChI=1S/C19H30N4O/c1-3-16(17-10-6-5-7-11-17)14-21-19(20-4-2)22-15-18(24)23-12-8-9-13-23/h5-7,10-11,16H,3-4,8-9,12-15H2,1-2H3,(H2,20,21,22). The van der Waals surface area contributed by atoms with Gasteiger partial charge in [0, 0.05) is 32.1 Å². The van der Waals surface area contributed by atoms with Crippen molar-refractivity contribution in [2.45, 2.75) is 39.0 Å². The number of nitrogens with zero attached hydrogens (tertiary/aromatic N) is 2. The molecule has 2 rings (SSSR count). The average molecular weight is 330 g/mol. The fraction of sp³-hybridized carbons (Fsp3) is 0.579. The highest BCUT2D eigenvalue weighted by molar-refractivity contribution is 5.85. The lowest BCUT2D eigenvalue weighted by atomic mass is 9.97. The van der Waals surface area contributed by atoms with E-state index in [1.54, 1.807) is 0 Å². The van der Waals surface area contributed by atoms with Crippen LogP contribution in [0.4, 0.5) is 0 Å². The number of likely N-dealkylation sites (tertiary alicyclic amines) is 1. The van der Waals surface area contributed by atoms with Crippen molar-refractivity contribution in [3.8, 4) is 0 Å². The summed E-state index contributed by atoms with van der Waals surface area (Å²) < 4.78 is 0. The molecule has 1 aromatic rings. The van der Waals surface area contributed by atoms with Gasteiger partial charge in [-0.05, 0) is 31.7 Å². The molecule has 0 aromatic heterocycles. The van der Waals surface area contributed by atoms with E-state index in [0.29, 0.717) is 5.92 Å². The Balaban J connectivity index is 1.89. The second kappa shape index (κ2) is 9.96. The lowest BCUT2D eigenvalue weighted by Gasteiger charge is -2.19. The first-order valence-corrected chi connectivity index (χ1v) is 9.09. The number of rotatable bonds is 7. The van der Waals surface area contributed by atoms with Crippen LogP contribution in [0.15, 0.2) is 35.3 Å². The number of carbonyl (C=O) groups is 1. The average Bonchev–Trinajstić information content (AvgIpc) is 3.15. The Labute approximate surface area is 145 Å². The zero-order valence-corrected chi connectivity index (χ0v) is 14.9. The van der Waals surface area contributed by atoms with Crippen LogP contribution in [-0.2, 0) is 4.79 Å². The number of aliphatic imine (C=N–C) groups is 1. The van der Waals surface area contributed by atoms with Gasteiger partial charge in [-0.25, -0.2) is 4.99 Å². The van der Waals surface area contributed by atoms with Crippen molar-refractivity contribution in [2.75, 3.05) is 32.7 Å². The third kappa shape index (κ3) is 5.55. The Kier molecular flexibility index (Phi) is 7.59. The van der Waals surface area contributed by atoms with Crippen LogP contribution in [0.5, 0.6) is 0 Å². The van der Waals surface area contributed by atoms with Crippen LogP contribution in [0.1, 0.15) is 44.6 Å². The maximum absolute atomic E-state index is 12.1. The minimum atomic E-state index is 0.125. The van der Waals surface area contributed by atoms with Gasteiger partial charge in [-0.15, -0.1) is 0 Å². The molecule has 0 radical (unpaired) electrons. The highest BCUT2D eigenvalue weighted by Gasteiger charge is 2.17. The van der Waals surface area contributed by atoms with Crippen molar-refractivity contribution in [3.05, 3.63) is 35.9 Å². The third-order valence-corrected chi connectivity index (χ3v) is 4.46. The van der Waals surface area contributed by atoms with Crippen LogP contribution in [-0.4, -0.2) is 49.5 Å². The van der Waals surface area contributed by atoms with Crippen LogP contribution >= 0.6 is 0 Å². The van der Waals surface area contributed by atoms with E-state index < -0.39 is 0 Å². The second-order valence-electron chi connectivity index (χ2n) is 6.18. The Bertz CT molecular complexity index is 523. The lowest BCUT2D eigenvalue weighted by Crippen LogP contribution is -2.40. The smallest absolute Gasteiger partial charge is 0.244 e. The number of carbonyl (C=O) groups excluding carboxylic acids is 1. The van der Waals surface area contributed by atoms with E-state index in [-0.39, 0.29) is 12.5 Å². The Hall–Kier alpha value is -2.04. The lowest BCUT2D eigenvalue weighted by molar-refractivity contribution is -0.128. The molecule has 1 aromatic carbocycles. The van der Waals surface area contributed by atoms with Crippen molar-refractivity contribution in [1.29, 1.82) is 0 Å². The monoisotopic (exact) mass is 330 g/mol. The molecule has 1 atom stereocenters. The second-order valence-corrected chi connectivity index (χ2v) is 6.18. The van der Waals surface area contributed by atoms with Gasteiger partial charge < -0.3 is 15.5 Å². The summed E-state index contributed by atoms with van der Waals surface area (Å²) in [5.74, 6) is 1.28. The summed E-state index contributed by atoms with van der Waals surface area (Å²) in [6, 6.07) is 10.5. The molecule has 5 nitrogen and oxygen atoms in total. The van der Waals surface area contributed by atoms with Gasteiger partial charge in [-0.2, -0.15) is 0 Å². The number of nitrogens with one attached hydrogen (secondary N) is 2. The minimum absolute atomic E-state index is 0.125. The van der Waals surface area contributed by atoms with Crippen LogP contribution in [0.25, 0.3) is 0 Å². The van der Waals surface area contributed by atoms with Gasteiger partial charge in [-0.1, -0.05) is 37.3 Å². The Morgan fingerprint density at radius 1 is 1.17 bits per heavy atom. The molecule has 1 amide bonds. The van der Waals surface area contributed by atoms with Gasteiger partial charge in [0.25, 0.3) is 0 Å². The highest BCUT2D eigenvalue weighted by atomic mass is 16.2. The highest BCUT2D eigenvalue weighted by Crippen LogP contribution is 2.17. The third-order valence-electron chi connectivity index (χ3n) is 4.46. The summed E-state index contributed by atoms with van der Waals surface area (Å²) in [6.45, 7) is 7.80. The van der Waals surface area contributed by atoms with Crippen molar-refractivity contribution in [2.24, 2.45) is 4.99 Å². The van der Waals surface area contributed by atoms with Gasteiger partial charge in [0.15, 0.2) is 5.96 Å². The van der Waals surface area contributed by atoms with E-state index in [2.05, 4.69) is 46.8 Å². The van der Waals surface area contributed by atoms with E-state index in [4.69, 9.17) is 0 Å². The molecule has 24 heavy (non-hydrogen) atoms. The number of amides is 1. The zero-order chi connectivity index (χ0) is 17.2. The summed E-state index contributed by atoms with van der Waals surface area (Å²) in [6.07, 6.45) is 3.29. The van der Waals surface area contributed by atoms with Gasteiger partial charge in [0.1, 0.15) is 6.54 Å². The van der Waals surface area contributed by atoms with Crippen molar-refractivity contribution >= 4 is 11.9 Å². The predicted octanol–water partition coefficient (Wildman–Crippen LogP) is 2.36. The normalized spacial score (nSPS) is 16.1. The fourth-order valence-electron chi connectivity index (χ4n) is 3.00. The summed E-state index contributed by atoms with van der Waals surface area (Å²) in [7, 11) is 0. The van der Waals surface area contributed by atoms with Crippen LogP contribution in [0.3, 0.4) is 0 Å². The maximum atomic E-state index is 12.1. The summed E-state index contributed by atoms with van der Waals surface area (Å²) in [5, 5.41) is 6.61. The molecule has 0 aliphatic carbocycles.